The van der Waals surface area contributed by atoms with Crippen LogP contribution in [0.1, 0.15) is 166 Å². The molecule has 4 aliphatic rings. The van der Waals surface area contributed by atoms with Gasteiger partial charge in [-0.15, -0.1) is 45.3 Å². The van der Waals surface area contributed by atoms with Gasteiger partial charge in [0.2, 0.25) is 0 Å². The van der Waals surface area contributed by atoms with E-state index in [1.165, 1.54) is 182 Å². The van der Waals surface area contributed by atoms with Crippen molar-refractivity contribution < 1.29 is 0 Å². The largest absolute Gasteiger partial charge is 0.297 e. The van der Waals surface area contributed by atoms with Crippen molar-refractivity contribution in [3.8, 4) is 0 Å². The van der Waals surface area contributed by atoms with Crippen LogP contribution in [0.2, 0.25) is 0 Å². The van der Waals surface area contributed by atoms with Crippen LogP contribution in [0.15, 0.2) is 36.4 Å². The van der Waals surface area contributed by atoms with Gasteiger partial charge >= 0.3 is 0 Å². The van der Waals surface area contributed by atoms with Crippen LogP contribution in [0.3, 0.4) is 0 Å². The molecule has 3 aromatic carbocycles. The fraction of sp³-hybridized carbons (Fsp3) is 0.577. The molecular formula is C52H64B2P2S4. The maximum atomic E-state index is 8.16. The number of hydrogen-bond donors (Lipinski definition) is 0. The maximum absolute atomic E-state index is 8.16. The maximum Gasteiger partial charge on any atom is 0.0955 e. The molecule has 0 bridgehead atoms. The van der Waals surface area contributed by atoms with Crippen molar-refractivity contribution in [2.24, 2.45) is 0 Å². The van der Waals surface area contributed by atoms with Crippen LogP contribution in [0, 0.1) is 0 Å². The first-order chi connectivity index (χ1) is 29.4. The molecule has 312 valence electrons. The molecule has 6 radical (unpaired) electrons. The van der Waals surface area contributed by atoms with E-state index in [4.69, 9.17) is 15.1 Å². The average Bonchev–Trinajstić information content (AvgIpc) is 4.11. The highest BCUT2D eigenvalue weighted by Crippen LogP contribution is 2.71. The Bertz CT molecular complexity index is 2450. The predicted octanol–water partition coefficient (Wildman–Crippen LogP) is 17.5. The van der Waals surface area contributed by atoms with Crippen LogP contribution >= 0.6 is 59.6 Å². The molecule has 0 amide bonds. The first-order valence-electron chi connectivity index (χ1n) is 24.5. The lowest BCUT2D eigenvalue weighted by Crippen LogP contribution is -2.33. The van der Waals surface area contributed by atoms with E-state index < -0.39 is 14.3 Å². The van der Waals surface area contributed by atoms with E-state index in [0.29, 0.717) is 22.6 Å². The molecule has 8 heteroatoms. The molecule has 11 rings (SSSR count). The van der Waals surface area contributed by atoms with Crippen LogP contribution in [0.5, 0.6) is 0 Å². The lowest BCUT2D eigenvalue weighted by Gasteiger charge is -2.51. The topological polar surface area (TPSA) is 0 Å². The Morgan fingerprint density at radius 2 is 0.750 bits per heavy atom. The SMILES string of the molecule is [B-][P+](c1cc2c(ccc3sc4c(CCC)c(CCC)c5sc6ccc7sc([P+]([B-])(C8CCCCC8)C8CCCCC8)cc7c6c5c4c32)s1)(C1CCCCC1)C1CCCCC1. The van der Waals surface area contributed by atoms with Gasteiger partial charge in [-0.3, -0.25) is 15.1 Å². The van der Waals surface area contributed by atoms with Crippen molar-refractivity contribution in [1.82, 2.24) is 0 Å². The molecule has 4 saturated carbocycles. The zero-order valence-corrected chi connectivity index (χ0v) is 41.5. The van der Waals surface area contributed by atoms with Gasteiger partial charge < -0.3 is 0 Å². The monoisotopic (exact) mass is 900 g/mol. The van der Waals surface area contributed by atoms with Gasteiger partial charge in [0.25, 0.3) is 0 Å². The van der Waals surface area contributed by atoms with Crippen LogP contribution in [0.4, 0.5) is 0 Å². The van der Waals surface area contributed by atoms with Gasteiger partial charge in [-0.1, -0.05) is 52.4 Å². The van der Waals surface area contributed by atoms with E-state index in [-0.39, 0.29) is 0 Å². The van der Waals surface area contributed by atoms with Gasteiger partial charge in [-0.2, -0.15) is 14.3 Å². The molecule has 0 unspecified atom stereocenters. The summed E-state index contributed by atoms with van der Waals surface area (Å²) in [6.07, 6.45) is 32.0. The Morgan fingerprint density at radius 3 is 1.07 bits per heavy atom. The van der Waals surface area contributed by atoms with Gasteiger partial charge in [0, 0.05) is 83.2 Å². The molecule has 0 saturated heterocycles. The predicted molar refractivity (Wildman–Crippen MR) is 283 cm³/mol. The van der Waals surface area contributed by atoms with E-state index in [1.807, 2.05) is 0 Å². The first kappa shape index (κ1) is 41.7. The number of aryl methyl sites for hydroxylation is 2. The third kappa shape index (κ3) is 6.73. The van der Waals surface area contributed by atoms with Crippen molar-refractivity contribution in [3.05, 3.63) is 47.5 Å². The van der Waals surface area contributed by atoms with Crippen LogP contribution < -0.4 is 9.24 Å². The Balaban J connectivity index is 1.20. The molecule has 60 heavy (non-hydrogen) atoms. The minimum absolute atomic E-state index is 0.707. The molecule has 7 aromatic rings. The second kappa shape index (κ2) is 17.1. The number of benzene rings is 3. The quantitative estimate of drug-likeness (QED) is 0.0948. The van der Waals surface area contributed by atoms with Gasteiger partial charge in [0.05, 0.1) is 9.24 Å². The molecule has 0 aliphatic heterocycles. The molecule has 4 heterocycles. The molecule has 0 atom stereocenters. The summed E-state index contributed by atoms with van der Waals surface area (Å²) in [7, 11) is 12.7. The molecule has 0 N–H and O–H groups in total. The van der Waals surface area contributed by atoms with Crippen molar-refractivity contribution in [2.75, 3.05) is 0 Å². The number of rotatable bonds is 10. The van der Waals surface area contributed by atoms with Crippen LogP contribution in [-0.2, 0) is 12.8 Å². The lowest BCUT2D eigenvalue weighted by atomic mass is 9.92. The van der Waals surface area contributed by atoms with Gasteiger partial charge in [0.1, 0.15) is 0 Å². The second-order valence-corrected chi connectivity index (χ2v) is 31.9. The highest BCUT2D eigenvalue weighted by atomic mass is 32.1. The Labute approximate surface area is 379 Å². The summed E-state index contributed by atoms with van der Waals surface area (Å²) in [5, 5.41) is 9.23. The van der Waals surface area contributed by atoms with Crippen molar-refractivity contribution in [2.45, 2.75) is 191 Å². The summed E-state index contributed by atoms with van der Waals surface area (Å²) in [4.78, 5) is 0. The van der Waals surface area contributed by atoms with Gasteiger partial charge in [-0.25, -0.2) is 0 Å². The molecule has 0 spiro atoms. The molecule has 4 aliphatic carbocycles. The minimum atomic E-state index is -1.83. The summed E-state index contributed by atoms with van der Waals surface area (Å²) < 4.78 is 12.3. The standard InChI is InChI=1S/C52H64B2P2S4/c1-3-17-37-38(18-4-2)52-50(48-40-32-46(58-42(40)28-30-44(48)60-52)56(54,35-23-13-7-14-24-35)36-25-15-8-16-26-36)49-47-39-31-45(57-41(39)27-29-43(47)59-51(37)49)55(53,33-19-9-5-10-20-33)34-21-11-6-12-22-34/h27-36H,3-26H2,1-2H3. The normalized spacial score (nSPS) is 20.3. The highest BCUT2D eigenvalue weighted by Gasteiger charge is 2.43. The van der Waals surface area contributed by atoms with E-state index in [9.17, 15) is 0 Å². The summed E-state index contributed by atoms with van der Waals surface area (Å²) in [6, 6.07) is 15.4. The third-order valence-electron chi connectivity index (χ3n) is 16.3. The fourth-order valence-corrected chi connectivity index (χ4v) is 29.5. The Hall–Kier alpha value is -0.990. The number of thiophene rings is 4. The van der Waals surface area contributed by atoms with E-state index in [0.717, 1.165) is 12.8 Å². The summed E-state index contributed by atoms with van der Waals surface area (Å²) in [6.45, 7) is 4.79. The minimum Gasteiger partial charge on any atom is -0.297 e. The van der Waals surface area contributed by atoms with Crippen molar-refractivity contribution >= 4 is 145 Å². The van der Waals surface area contributed by atoms with Gasteiger partial charge in [-0.05, 0) is 163 Å². The zero-order valence-electron chi connectivity index (χ0n) is 36.4. The third-order valence-corrected chi connectivity index (χ3v) is 31.7. The number of hydrogen-bond acceptors (Lipinski definition) is 4. The summed E-state index contributed by atoms with van der Waals surface area (Å²) in [5.74, 6) is 0. The summed E-state index contributed by atoms with van der Waals surface area (Å²) in [5.41, 5.74) is 6.12. The molecule has 4 fully saturated rings. The Morgan fingerprint density at radius 1 is 0.433 bits per heavy atom. The molecule has 4 aromatic heterocycles. The first-order valence-corrected chi connectivity index (χ1v) is 31.8. The smallest absolute Gasteiger partial charge is 0.0955 e. The van der Waals surface area contributed by atoms with Crippen molar-refractivity contribution in [3.63, 3.8) is 0 Å². The summed E-state index contributed by atoms with van der Waals surface area (Å²) >= 11 is 8.45. The van der Waals surface area contributed by atoms with Crippen molar-refractivity contribution in [1.29, 1.82) is 0 Å². The average molecular weight is 901 g/mol. The number of fused-ring (bicyclic) bond motifs is 11. The van der Waals surface area contributed by atoms with E-state index in [2.05, 4.69) is 95.6 Å². The lowest BCUT2D eigenvalue weighted by molar-refractivity contribution is 0.485. The van der Waals surface area contributed by atoms with E-state index in [1.54, 1.807) is 40.5 Å². The molecular weight excluding hydrogens is 836 g/mol. The van der Waals surface area contributed by atoms with E-state index >= 15 is 0 Å². The van der Waals surface area contributed by atoms with Crippen LogP contribution in [0.25, 0.3) is 60.5 Å². The van der Waals surface area contributed by atoms with Crippen LogP contribution in [-0.4, -0.2) is 37.8 Å². The molecule has 0 nitrogen and oxygen atoms in total. The zero-order chi connectivity index (χ0) is 40.6. The van der Waals surface area contributed by atoms with Gasteiger partial charge in [0.15, 0.2) is 0 Å². The Kier molecular flexibility index (Phi) is 11.9. The fourth-order valence-electron chi connectivity index (χ4n) is 13.3. The highest BCUT2D eigenvalue weighted by molar-refractivity contribution is 8.07. The second-order valence-electron chi connectivity index (χ2n) is 19.8.